The number of hydrogen-bond donors (Lipinski definition) is 0. The highest BCUT2D eigenvalue weighted by molar-refractivity contribution is 14.1. The van der Waals surface area contributed by atoms with Gasteiger partial charge in [0.2, 0.25) is 0 Å². The fraction of sp³-hybridized carbons (Fsp3) is 0.750. The van der Waals surface area contributed by atoms with E-state index in [2.05, 4.69) is 39.6 Å². The molecule has 3 heteroatoms. The maximum atomic E-state index is 5.24. The lowest BCUT2D eigenvalue weighted by molar-refractivity contribution is 0.0434. The van der Waals surface area contributed by atoms with Crippen molar-refractivity contribution in [1.29, 1.82) is 0 Å². The number of hydrogen-bond acceptors (Lipinski definition) is 2. The minimum absolute atomic E-state index is 0.901. The molecule has 0 aromatic heterocycles. The van der Waals surface area contributed by atoms with Crippen LogP contribution in [0.5, 0.6) is 0 Å². The topological polar surface area (TPSA) is 12.5 Å². The van der Waals surface area contributed by atoms with Crippen molar-refractivity contribution in [3.05, 3.63) is 12.2 Å². The van der Waals surface area contributed by atoms with Crippen molar-refractivity contribution in [2.45, 2.75) is 0 Å². The van der Waals surface area contributed by atoms with Crippen molar-refractivity contribution in [2.75, 3.05) is 37.3 Å². The molecule has 0 bridgehead atoms. The summed E-state index contributed by atoms with van der Waals surface area (Å²) in [4.78, 5) is 2.41. The number of rotatable bonds is 3. The van der Waals surface area contributed by atoms with Crippen LogP contribution in [0.2, 0.25) is 0 Å². The van der Waals surface area contributed by atoms with Gasteiger partial charge in [-0.3, -0.25) is 4.90 Å². The molecule has 0 amide bonds. The van der Waals surface area contributed by atoms with Crippen LogP contribution in [0.1, 0.15) is 0 Å². The lowest BCUT2D eigenvalue weighted by Crippen LogP contribution is -2.36. The highest BCUT2D eigenvalue weighted by atomic mass is 127. The molecule has 0 unspecified atom stereocenters. The molecule has 0 N–H and O–H groups in total. The van der Waals surface area contributed by atoms with Crippen LogP contribution in [0.4, 0.5) is 0 Å². The molecule has 0 aliphatic carbocycles. The molecule has 0 aromatic rings. The van der Waals surface area contributed by atoms with E-state index in [9.17, 15) is 0 Å². The molecule has 0 saturated carbocycles. The second-order valence-corrected chi connectivity index (χ2v) is 3.42. The third kappa shape index (κ3) is 4.08. The van der Waals surface area contributed by atoms with E-state index < -0.39 is 0 Å². The summed E-state index contributed by atoms with van der Waals surface area (Å²) >= 11 is 2.35. The van der Waals surface area contributed by atoms with Gasteiger partial charge in [0, 0.05) is 24.1 Å². The molecular weight excluding hydrogens is 253 g/mol. The number of morpholine rings is 1. The zero-order valence-electron chi connectivity index (χ0n) is 6.63. The first-order valence-corrected chi connectivity index (χ1v) is 5.47. The van der Waals surface area contributed by atoms with Gasteiger partial charge in [0.1, 0.15) is 0 Å². The van der Waals surface area contributed by atoms with E-state index in [1.807, 2.05) is 0 Å². The monoisotopic (exact) mass is 267 g/mol. The van der Waals surface area contributed by atoms with Crippen LogP contribution in [0.15, 0.2) is 12.2 Å². The molecule has 0 radical (unpaired) electrons. The van der Waals surface area contributed by atoms with Gasteiger partial charge >= 0.3 is 0 Å². The average Bonchev–Trinajstić information content (AvgIpc) is 2.07. The molecule has 1 rings (SSSR count). The third-order valence-electron chi connectivity index (χ3n) is 1.72. The van der Waals surface area contributed by atoms with E-state index in [1.165, 1.54) is 0 Å². The zero-order valence-corrected chi connectivity index (χ0v) is 8.79. The Hall–Kier alpha value is 0.390. The van der Waals surface area contributed by atoms with Crippen molar-refractivity contribution in [3.63, 3.8) is 0 Å². The fourth-order valence-corrected chi connectivity index (χ4v) is 1.43. The highest BCUT2D eigenvalue weighted by Gasteiger charge is 2.06. The summed E-state index contributed by atoms with van der Waals surface area (Å²) in [7, 11) is 0. The van der Waals surface area contributed by atoms with Gasteiger partial charge in [-0.1, -0.05) is 34.7 Å². The van der Waals surface area contributed by atoms with E-state index in [0.717, 1.165) is 37.3 Å². The Balaban J connectivity index is 2.09. The van der Waals surface area contributed by atoms with Crippen molar-refractivity contribution in [3.8, 4) is 0 Å². The first-order valence-electron chi connectivity index (χ1n) is 3.94. The lowest BCUT2D eigenvalue weighted by Gasteiger charge is -2.24. The molecule has 0 atom stereocenters. The second-order valence-electron chi connectivity index (χ2n) is 2.54. The van der Waals surface area contributed by atoms with Gasteiger partial charge in [-0.15, -0.1) is 0 Å². The van der Waals surface area contributed by atoms with Crippen molar-refractivity contribution in [1.82, 2.24) is 4.90 Å². The fourth-order valence-electron chi connectivity index (χ4n) is 1.07. The standard InChI is InChI=1S/C8H14INO/c9-3-1-2-4-10-5-7-11-8-6-10/h1-2H,3-8H2/b2-1+. The quantitative estimate of drug-likeness (QED) is 0.434. The smallest absolute Gasteiger partial charge is 0.0594 e. The second kappa shape index (κ2) is 5.97. The van der Waals surface area contributed by atoms with E-state index in [4.69, 9.17) is 4.74 Å². The summed E-state index contributed by atoms with van der Waals surface area (Å²) in [6, 6.07) is 0. The highest BCUT2D eigenvalue weighted by Crippen LogP contribution is 1.96. The Morgan fingerprint density at radius 2 is 2.00 bits per heavy atom. The van der Waals surface area contributed by atoms with E-state index in [-0.39, 0.29) is 0 Å². The van der Waals surface area contributed by atoms with Gasteiger partial charge in [-0.2, -0.15) is 0 Å². The van der Waals surface area contributed by atoms with Crippen molar-refractivity contribution < 1.29 is 4.74 Å². The maximum absolute atomic E-state index is 5.24. The van der Waals surface area contributed by atoms with Gasteiger partial charge < -0.3 is 4.74 Å². The number of halogens is 1. The van der Waals surface area contributed by atoms with Crippen LogP contribution in [-0.4, -0.2) is 42.2 Å². The zero-order chi connectivity index (χ0) is 7.94. The number of allylic oxidation sites excluding steroid dienone is 1. The molecule has 1 saturated heterocycles. The largest absolute Gasteiger partial charge is 0.379 e. The lowest BCUT2D eigenvalue weighted by atomic mass is 10.4. The molecule has 11 heavy (non-hydrogen) atoms. The SMILES string of the molecule is IC/C=C/CN1CCOCC1. The maximum Gasteiger partial charge on any atom is 0.0594 e. The van der Waals surface area contributed by atoms with Gasteiger partial charge in [-0.25, -0.2) is 0 Å². The first kappa shape index (κ1) is 9.48. The predicted octanol–water partition coefficient (Wildman–Crippen LogP) is 1.31. The van der Waals surface area contributed by atoms with Crippen molar-refractivity contribution >= 4 is 22.6 Å². The van der Waals surface area contributed by atoms with E-state index in [1.54, 1.807) is 0 Å². The van der Waals surface area contributed by atoms with Gasteiger partial charge in [0.05, 0.1) is 13.2 Å². The minimum Gasteiger partial charge on any atom is -0.379 e. The van der Waals surface area contributed by atoms with Crippen LogP contribution >= 0.6 is 22.6 Å². The molecule has 0 aromatic carbocycles. The average molecular weight is 267 g/mol. The van der Waals surface area contributed by atoms with Crippen molar-refractivity contribution in [2.24, 2.45) is 0 Å². The normalized spacial score (nSPS) is 21.2. The Labute approximate surface area is 81.7 Å². The van der Waals surface area contributed by atoms with Gasteiger partial charge in [0.25, 0.3) is 0 Å². The Bertz CT molecular complexity index is 121. The van der Waals surface area contributed by atoms with Gasteiger partial charge in [0.15, 0.2) is 0 Å². The first-order chi connectivity index (χ1) is 5.43. The Kier molecular flexibility index (Phi) is 5.14. The molecule has 2 nitrogen and oxygen atoms in total. The van der Waals surface area contributed by atoms with Crippen LogP contribution in [0, 0.1) is 0 Å². The number of ether oxygens (including phenoxy) is 1. The molecule has 64 valence electrons. The number of alkyl halides is 1. The molecule has 1 fully saturated rings. The Morgan fingerprint density at radius 1 is 1.27 bits per heavy atom. The Morgan fingerprint density at radius 3 is 2.64 bits per heavy atom. The van der Waals surface area contributed by atoms with Crippen LogP contribution in [-0.2, 0) is 4.74 Å². The van der Waals surface area contributed by atoms with Gasteiger partial charge in [-0.05, 0) is 0 Å². The van der Waals surface area contributed by atoms with Crippen LogP contribution in [0.3, 0.4) is 0 Å². The summed E-state index contributed by atoms with van der Waals surface area (Å²) < 4.78 is 6.35. The third-order valence-corrected chi connectivity index (χ3v) is 2.23. The molecule has 1 aliphatic heterocycles. The molecule has 1 heterocycles. The summed E-state index contributed by atoms with van der Waals surface area (Å²) in [5, 5.41) is 0. The van der Waals surface area contributed by atoms with E-state index >= 15 is 0 Å². The van der Waals surface area contributed by atoms with Crippen LogP contribution < -0.4 is 0 Å². The van der Waals surface area contributed by atoms with E-state index in [0.29, 0.717) is 0 Å². The summed E-state index contributed by atoms with van der Waals surface area (Å²) in [6.45, 7) is 5.07. The number of nitrogens with zero attached hydrogens (tertiary/aromatic N) is 1. The summed E-state index contributed by atoms with van der Waals surface area (Å²) in [5.41, 5.74) is 0. The molecule has 1 aliphatic rings. The van der Waals surface area contributed by atoms with Crippen LogP contribution in [0.25, 0.3) is 0 Å². The minimum atomic E-state index is 0.901. The molecule has 0 spiro atoms. The summed E-state index contributed by atoms with van der Waals surface area (Å²) in [5.74, 6) is 0. The predicted molar refractivity (Wildman–Crippen MR) is 55.3 cm³/mol. The molecular formula is C8H14INO. The summed E-state index contributed by atoms with van der Waals surface area (Å²) in [6.07, 6.45) is 4.44.